The first-order valence-electron chi connectivity index (χ1n) is 5.53. The Labute approximate surface area is 112 Å². The Morgan fingerprint density at radius 1 is 1.05 bits per heavy atom. The van der Waals surface area contributed by atoms with Crippen molar-refractivity contribution < 1.29 is 10.2 Å². The van der Waals surface area contributed by atoms with Gasteiger partial charge in [-0.25, -0.2) is 0 Å². The number of aromatic nitrogens is 4. The van der Waals surface area contributed by atoms with Crippen molar-refractivity contribution in [2.45, 2.75) is 10.6 Å². The summed E-state index contributed by atoms with van der Waals surface area (Å²) in [6.45, 7) is 0. The van der Waals surface area contributed by atoms with Gasteiger partial charge in [0.1, 0.15) is 0 Å². The smallest absolute Gasteiger partial charge is 0.184 e. The largest absolute Gasteiger partial charge is 0.504 e. The van der Waals surface area contributed by atoms with Crippen LogP contribution in [-0.4, -0.2) is 30.8 Å². The summed E-state index contributed by atoms with van der Waals surface area (Å²) in [6, 6.07) is 8.87. The second kappa shape index (κ2) is 4.77. The Morgan fingerprint density at radius 2 is 1.84 bits per heavy atom. The Kier molecular flexibility index (Phi) is 2.96. The third-order valence-electron chi connectivity index (χ3n) is 2.66. The lowest BCUT2D eigenvalue weighted by molar-refractivity contribution is 0.405. The molecule has 0 aliphatic heterocycles. The van der Waals surface area contributed by atoms with Crippen molar-refractivity contribution in [3.05, 3.63) is 36.2 Å². The summed E-state index contributed by atoms with van der Waals surface area (Å²) in [4.78, 5) is 1.03. The van der Waals surface area contributed by atoms with Crippen LogP contribution >= 0.6 is 11.8 Å². The molecule has 0 unspecified atom stereocenters. The topological polar surface area (TPSA) is 94.9 Å². The monoisotopic (exact) mass is 274 g/mol. The first kappa shape index (κ1) is 11.8. The lowest BCUT2D eigenvalue weighted by atomic mass is 10.1. The van der Waals surface area contributed by atoms with Crippen LogP contribution in [0.4, 0.5) is 0 Å². The summed E-state index contributed by atoms with van der Waals surface area (Å²) in [7, 11) is 0. The number of phenolic OH excluding ortho intramolecular Hbond substituents is 2. The molecule has 3 rings (SSSR count). The van der Waals surface area contributed by atoms with Gasteiger partial charge in [-0.15, -0.1) is 22.0 Å². The highest BCUT2D eigenvalue weighted by Crippen LogP contribution is 2.32. The van der Waals surface area contributed by atoms with Crippen LogP contribution in [0.2, 0.25) is 0 Å². The average molecular weight is 274 g/mol. The van der Waals surface area contributed by atoms with Gasteiger partial charge < -0.3 is 10.2 Å². The van der Waals surface area contributed by atoms with Crippen LogP contribution in [0.3, 0.4) is 0 Å². The fourth-order valence-electron chi connectivity index (χ4n) is 1.73. The summed E-state index contributed by atoms with van der Waals surface area (Å²) < 4.78 is 0. The van der Waals surface area contributed by atoms with E-state index >= 15 is 0 Å². The SMILES string of the molecule is Oc1cc2ccc(SCc3nn[nH]n3)cc2cc1O. The fourth-order valence-corrected chi connectivity index (χ4v) is 2.53. The molecule has 6 nitrogen and oxygen atoms in total. The lowest BCUT2D eigenvalue weighted by Crippen LogP contribution is -1.84. The Morgan fingerprint density at radius 3 is 2.58 bits per heavy atom. The predicted molar refractivity (Wildman–Crippen MR) is 71.0 cm³/mol. The molecule has 3 aromatic rings. The third kappa shape index (κ3) is 2.45. The van der Waals surface area contributed by atoms with Gasteiger partial charge >= 0.3 is 0 Å². The second-order valence-corrected chi connectivity index (χ2v) is 5.02. The molecular formula is C12H10N4O2S. The van der Waals surface area contributed by atoms with E-state index in [4.69, 9.17) is 0 Å². The normalized spacial score (nSPS) is 10.9. The number of nitrogens with one attached hydrogen (secondary N) is 1. The molecule has 0 aliphatic carbocycles. The van der Waals surface area contributed by atoms with E-state index in [0.29, 0.717) is 11.6 Å². The van der Waals surface area contributed by atoms with E-state index in [2.05, 4.69) is 20.6 Å². The van der Waals surface area contributed by atoms with Gasteiger partial charge in [-0.3, -0.25) is 0 Å². The number of rotatable bonds is 3. The van der Waals surface area contributed by atoms with Crippen LogP contribution < -0.4 is 0 Å². The average Bonchev–Trinajstić information content (AvgIpc) is 2.91. The van der Waals surface area contributed by atoms with Gasteiger partial charge in [-0.2, -0.15) is 5.21 Å². The Hall–Kier alpha value is -2.28. The van der Waals surface area contributed by atoms with Crippen LogP contribution in [0.25, 0.3) is 10.8 Å². The molecule has 0 saturated carbocycles. The number of hydrogen-bond donors (Lipinski definition) is 3. The first-order valence-corrected chi connectivity index (χ1v) is 6.52. The van der Waals surface area contributed by atoms with Gasteiger partial charge in [-0.05, 0) is 35.0 Å². The van der Waals surface area contributed by atoms with Crippen molar-refractivity contribution in [1.82, 2.24) is 20.6 Å². The van der Waals surface area contributed by atoms with Crippen LogP contribution in [0.15, 0.2) is 35.2 Å². The van der Waals surface area contributed by atoms with E-state index in [9.17, 15) is 10.2 Å². The zero-order chi connectivity index (χ0) is 13.2. The standard InChI is InChI=1S/C12H10N4O2S/c17-10-4-7-1-2-9(3-8(7)5-11(10)18)19-6-12-13-15-16-14-12/h1-5,17-18H,6H2,(H,13,14,15,16). The van der Waals surface area contributed by atoms with Gasteiger partial charge in [0.25, 0.3) is 0 Å². The molecule has 0 aliphatic rings. The summed E-state index contributed by atoms with van der Waals surface area (Å²) in [6.07, 6.45) is 0. The van der Waals surface area contributed by atoms with E-state index < -0.39 is 0 Å². The van der Waals surface area contributed by atoms with Gasteiger partial charge in [0.2, 0.25) is 0 Å². The highest BCUT2D eigenvalue weighted by atomic mass is 32.2. The van der Waals surface area contributed by atoms with Crippen LogP contribution in [-0.2, 0) is 5.75 Å². The summed E-state index contributed by atoms with van der Waals surface area (Å²) in [5.74, 6) is 1.03. The number of aromatic amines is 1. The van der Waals surface area contributed by atoms with Crippen molar-refractivity contribution >= 4 is 22.5 Å². The second-order valence-electron chi connectivity index (χ2n) is 3.97. The van der Waals surface area contributed by atoms with Gasteiger partial charge in [0.05, 0.1) is 5.75 Å². The van der Waals surface area contributed by atoms with Crippen molar-refractivity contribution in [2.75, 3.05) is 0 Å². The van der Waals surface area contributed by atoms with Crippen LogP contribution in [0, 0.1) is 0 Å². The summed E-state index contributed by atoms with van der Waals surface area (Å²) >= 11 is 1.57. The molecule has 0 bridgehead atoms. The van der Waals surface area contributed by atoms with Crippen LogP contribution in [0.5, 0.6) is 11.5 Å². The molecule has 0 saturated heterocycles. The number of thioether (sulfide) groups is 1. The minimum atomic E-state index is -0.118. The molecule has 19 heavy (non-hydrogen) atoms. The molecule has 0 amide bonds. The molecule has 1 heterocycles. The number of nitrogens with zero attached hydrogens (tertiary/aromatic N) is 3. The molecule has 0 spiro atoms. The van der Waals surface area contributed by atoms with Crippen molar-refractivity contribution in [3.63, 3.8) is 0 Å². The molecule has 1 aromatic heterocycles. The molecule has 0 radical (unpaired) electrons. The molecule has 2 aromatic carbocycles. The van der Waals surface area contributed by atoms with E-state index in [1.54, 1.807) is 17.8 Å². The van der Waals surface area contributed by atoms with Crippen LogP contribution in [0.1, 0.15) is 5.82 Å². The fraction of sp³-hybridized carbons (Fsp3) is 0.0833. The quantitative estimate of drug-likeness (QED) is 0.500. The summed E-state index contributed by atoms with van der Waals surface area (Å²) in [5.41, 5.74) is 0. The maximum Gasteiger partial charge on any atom is 0.184 e. The van der Waals surface area contributed by atoms with E-state index in [1.807, 2.05) is 18.2 Å². The molecule has 96 valence electrons. The van der Waals surface area contributed by atoms with Gasteiger partial charge in [-0.1, -0.05) is 11.3 Å². The predicted octanol–water partition coefficient (Wildman–Crippen LogP) is 2.06. The van der Waals surface area contributed by atoms with Gasteiger partial charge in [0.15, 0.2) is 17.3 Å². The van der Waals surface area contributed by atoms with Crippen molar-refractivity contribution in [1.29, 1.82) is 0 Å². The van der Waals surface area contributed by atoms with E-state index in [-0.39, 0.29) is 11.5 Å². The van der Waals surface area contributed by atoms with Crippen molar-refractivity contribution in [3.8, 4) is 11.5 Å². The number of fused-ring (bicyclic) bond motifs is 1. The number of tetrazole rings is 1. The molecule has 3 N–H and O–H groups in total. The van der Waals surface area contributed by atoms with Gasteiger partial charge in [0, 0.05) is 4.90 Å². The number of benzene rings is 2. The number of phenols is 2. The minimum Gasteiger partial charge on any atom is -0.504 e. The molecule has 0 atom stereocenters. The Balaban J connectivity index is 1.86. The maximum atomic E-state index is 9.50. The van der Waals surface area contributed by atoms with E-state index in [1.165, 1.54) is 6.07 Å². The molecular weight excluding hydrogens is 264 g/mol. The zero-order valence-electron chi connectivity index (χ0n) is 9.74. The number of aromatic hydroxyl groups is 2. The maximum absolute atomic E-state index is 9.50. The van der Waals surface area contributed by atoms with Crippen molar-refractivity contribution in [2.24, 2.45) is 0 Å². The molecule has 0 fully saturated rings. The third-order valence-corrected chi connectivity index (χ3v) is 3.65. The number of hydrogen-bond acceptors (Lipinski definition) is 6. The summed E-state index contributed by atoms with van der Waals surface area (Å²) in [5, 5.41) is 34.3. The lowest BCUT2D eigenvalue weighted by Gasteiger charge is -2.04. The highest BCUT2D eigenvalue weighted by Gasteiger charge is 2.05. The highest BCUT2D eigenvalue weighted by molar-refractivity contribution is 7.98. The Bertz CT molecular complexity index is 715. The molecule has 7 heteroatoms. The number of H-pyrrole nitrogens is 1. The first-order chi connectivity index (χ1) is 9.22. The zero-order valence-corrected chi connectivity index (χ0v) is 10.6. The minimum absolute atomic E-state index is 0.111. The van der Waals surface area contributed by atoms with E-state index in [0.717, 1.165) is 15.7 Å².